The van der Waals surface area contributed by atoms with Gasteiger partial charge in [0, 0.05) is 74.6 Å². The lowest BCUT2D eigenvalue weighted by Gasteiger charge is -2.37. The zero-order valence-electron chi connectivity index (χ0n) is 25.4. The number of amides is 2. The Balaban J connectivity index is 0.000000127. The molecule has 2 spiro atoms. The molecule has 4 N–H and O–H groups in total. The van der Waals surface area contributed by atoms with E-state index in [1.54, 1.807) is 12.4 Å². The molecule has 4 atom stereocenters. The molecule has 4 saturated heterocycles. The molecule has 0 bridgehead atoms. The lowest BCUT2D eigenvalue weighted by molar-refractivity contribution is -0.131. The van der Waals surface area contributed by atoms with Crippen molar-refractivity contribution in [3.05, 3.63) is 45.6 Å². The number of hydrogen-bond acceptors (Lipinski definition) is 8. The second kappa shape index (κ2) is 10.1. The molecule has 6 fully saturated rings. The average molecular weight is 753 g/mol. The van der Waals surface area contributed by atoms with Gasteiger partial charge in [-0.15, -0.1) is 0 Å². The number of nitrogen functional groups attached to an aromatic ring is 2. The van der Waals surface area contributed by atoms with Crippen LogP contribution >= 0.6 is 31.9 Å². The minimum absolute atomic E-state index is 0.254. The first-order valence-electron chi connectivity index (χ1n) is 16.3. The molecule has 4 aromatic rings. The summed E-state index contributed by atoms with van der Waals surface area (Å²) < 4.78 is 5.49. The van der Waals surface area contributed by atoms with Crippen LogP contribution in [0.2, 0.25) is 0 Å². The molecule has 4 aromatic heterocycles. The van der Waals surface area contributed by atoms with Gasteiger partial charge in [0.25, 0.3) is 0 Å². The zero-order chi connectivity index (χ0) is 31.5. The maximum Gasteiger partial charge on any atom is 0.223 e. The van der Waals surface area contributed by atoms with Crippen molar-refractivity contribution in [1.82, 2.24) is 38.5 Å². The number of nitrogens with two attached hydrogens (primary N) is 2. The molecule has 8 heterocycles. The summed E-state index contributed by atoms with van der Waals surface area (Å²) in [5, 5.41) is 0. The molecule has 240 valence electrons. The minimum Gasteiger partial charge on any atom is -0.382 e. The third-order valence-electron chi connectivity index (χ3n) is 11.9. The van der Waals surface area contributed by atoms with Crippen molar-refractivity contribution in [1.29, 1.82) is 0 Å². The van der Waals surface area contributed by atoms with E-state index in [0.29, 0.717) is 46.4 Å². The molecule has 0 radical (unpaired) electrons. The van der Waals surface area contributed by atoms with Crippen LogP contribution in [0.4, 0.5) is 11.6 Å². The summed E-state index contributed by atoms with van der Waals surface area (Å²) in [6, 6.07) is 0.931. The first kappa shape index (κ1) is 28.9. The zero-order valence-corrected chi connectivity index (χ0v) is 28.6. The van der Waals surface area contributed by atoms with Crippen LogP contribution in [0.15, 0.2) is 34.0 Å². The van der Waals surface area contributed by atoms with Crippen LogP contribution in [0.5, 0.6) is 0 Å². The van der Waals surface area contributed by atoms with Crippen molar-refractivity contribution < 1.29 is 9.59 Å². The van der Waals surface area contributed by atoms with Gasteiger partial charge in [-0.2, -0.15) is 0 Å². The van der Waals surface area contributed by atoms with E-state index in [1.165, 1.54) is 25.7 Å². The van der Waals surface area contributed by atoms with Gasteiger partial charge in [0.15, 0.2) is 11.6 Å². The fourth-order valence-electron chi connectivity index (χ4n) is 9.23. The summed E-state index contributed by atoms with van der Waals surface area (Å²) in [5.41, 5.74) is 14.3. The Bertz CT molecular complexity index is 1790. The quantitative estimate of drug-likeness (QED) is 0.300. The summed E-state index contributed by atoms with van der Waals surface area (Å²) in [6.45, 7) is 1.55. The van der Waals surface area contributed by atoms with E-state index in [-0.39, 0.29) is 11.8 Å². The predicted molar refractivity (Wildman–Crippen MR) is 178 cm³/mol. The van der Waals surface area contributed by atoms with Crippen LogP contribution < -0.4 is 11.5 Å². The molecule has 12 nitrogen and oxygen atoms in total. The Hall–Kier alpha value is -3.26. The highest BCUT2D eigenvalue weighted by Crippen LogP contribution is 2.61. The van der Waals surface area contributed by atoms with Gasteiger partial charge >= 0.3 is 0 Å². The summed E-state index contributed by atoms with van der Waals surface area (Å²) >= 11 is 7.00. The highest BCUT2D eigenvalue weighted by Gasteiger charge is 2.61. The Kier molecular flexibility index (Phi) is 6.36. The van der Waals surface area contributed by atoms with Crippen LogP contribution in [0.3, 0.4) is 0 Å². The van der Waals surface area contributed by atoms with Crippen LogP contribution in [0.25, 0.3) is 11.0 Å². The summed E-state index contributed by atoms with van der Waals surface area (Å²) in [7, 11) is 0. The molecule has 0 aromatic carbocycles. The van der Waals surface area contributed by atoms with Gasteiger partial charge in [0.1, 0.15) is 31.9 Å². The monoisotopic (exact) mass is 750 g/mol. The maximum atomic E-state index is 12.4. The van der Waals surface area contributed by atoms with Crippen molar-refractivity contribution >= 4 is 66.3 Å². The van der Waals surface area contributed by atoms with E-state index in [9.17, 15) is 9.59 Å². The van der Waals surface area contributed by atoms with Gasteiger partial charge in [-0.3, -0.25) is 18.4 Å². The van der Waals surface area contributed by atoms with E-state index < -0.39 is 0 Å². The standard InChI is InChI=1S/2C16H18BrN5O/c2*17-13-12-14(18)19-5-6-21(12)15(20-13)9-1-2-10-16(3-4-16)7-11(23)22(10)8-9/h2*5-6,9-10H,1-4,7-8H2,(H2,18,19). The normalized spacial score (nSPS) is 28.6. The highest BCUT2D eigenvalue weighted by atomic mass is 79.9. The Morgan fingerprint density at radius 1 is 0.674 bits per heavy atom. The SMILES string of the molecule is Nc1nccn2c(C3CCC4N(C3)C(=O)CC43CC3)nc(Br)c12.Nc1nccn2c(C3CCC4N(C3)C(=O)CC43CC3)nc(Br)c12. The fraction of sp³-hybridized carbons (Fsp3) is 0.562. The van der Waals surface area contributed by atoms with Gasteiger partial charge in [-0.05, 0) is 94.1 Å². The Labute approximate surface area is 282 Å². The number of halogens is 2. The Morgan fingerprint density at radius 3 is 1.48 bits per heavy atom. The van der Waals surface area contributed by atoms with Gasteiger partial charge < -0.3 is 21.3 Å². The smallest absolute Gasteiger partial charge is 0.223 e. The number of piperidine rings is 2. The van der Waals surface area contributed by atoms with Crippen molar-refractivity contribution in [3.63, 3.8) is 0 Å². The summed E-state index contributed by atoms with van der Waals surface area (Å²) in [6.07, 6.45) is 17.9. The maximum absolute atomic E-state index is 12.4. The number of carbonyl (C=O) groups excluding carboxylic acids is 2. The number of anilines is 2. The number of fused-ring (bicyclic) bond motifs is 6. The number of rotatable bonds is 2. The first-order chi connectivity index (χ1) is 22.2. The Morgan fingerprint density at radius 2 is 1.09 bits per heavy atom. The molecule has 14 heteroatoms. The van der Waals surface area contributed by atoms with E-state index in [4.69, 9.17) is 11.5 Å². The van der Waals surface area contributed by atoms with E-state index in [2.05, 4.69) is 61.6 Å². The molecule has 2 saturated carbocycles. The number of hydrogen-bond donors (Lipinski definition) is 2. The minimum atomic E-state index is 0.254. The van der Waals surface area contributed by atoms with Crippen molar-refractivity contribution in [3.8, 4) is 0 Å². The predicted octanol–water partition coefficient (Wildman–Crippen LogP) is 4.67. The lowest BCUT2D eigenvalue weighted by atomic mass is 9.86. The number of carbonyl (C=O) groups is 2. The molecule has 2 amide bonds. The van der Waals surface area contributed by atoms with Crippen molar-refractivity contribution in [2.45, 2.75) is 88.1 Å². The summed E-state index contributed by atoms with van der Waals surface area (Å²) in [5.74, 6) is 4.07. The average Bonchev–Trinajstić information content (AvgIpc) is 3.88. The van der Waals surface area contributed by atoms with E-state index in [1.807, 2.05) is 21.2 Å². The molecule has 46 heavy (non-hydrogen) atoms. The van der Waals surface area contributed by atoms with E-state index in [0.717, 1.165) is 83.5 Å². The van der Waals surface area contributed by atoms with Crippen LogP contribution in [-0.4, -0.2) is 75.5 Å². The second-order valence-corrected chi connectivity index (χ2v) is 15.8. The van der Waals surface area contributed by atoms with Gasteiger partial charge in [0.05, 0.1) is 0 Å². The number of imidazole rings is 2. The second-order valence-electron chi connectivity index (χ2n) is 14.3. The van der Waals surface area contributed by atoms with Crippen molar-refractivity contribution in [2.75, 3.05) is 24.6 Å². The first-order valence-corrected chi connectivity index (χ1v) is 17.9. The number of aromatic nitrogens is 6. The molecule has 6 aliphatic rings. The van der Waals surface area contributed by atoms with E-state index >= 15 is 0 Å². The van der Waals surface area contributed by atoms with Gasteiger partial charge in [-0.25, -0.2) is 19.9 Å². The fourth-order valence-corrected chi connectivity index (χ4v) is 10.4. The third kappa shape index (κ3) is 4.27. The van der Waals surface area contributed by atoms with Crippen molar-refractivity contribution in [2.24, 2.45) is 10.8 Å². The number of nitrogens with zero attached hydrogens (tertiary/aromatic N) is 8. The highest BCUT2D eigenvalue weighted by molar-refractivity contribution is 9.10. The molecule has 10 rings (SSSR count). The molecular formula is C32H36Br2N10O2. The third-order valence-corrected chi connectivity index (χ3v) is 13.0. The molecule has 4 aliphatic heterocycles. The van der Waals surface area contributed by atoms with Crippen LogP contribution in [-0.2, 0) is 9.59 Å². The molecule has 4 unspecified atom stereocenters. The van der Waals surface area contributed by atoms with Gasteiger partial charge in [0.2, 0.25) is 11.8 Å². The largest absolute Gasteiger partial charge is 0.382 e. The van der Waals surface area contributed by atoms with Gasteiger partial charge in [-0.1, -0.05) is 0 Å². The summed E-state index contributed by atoms with van der Waals surface area (Å²) in [4.78, 5) is 46.8. The topological polar surface area (TPSA) is 153 Å². The lowest BCUT2D eigenvalue weighted by Crippen LogP contribution is -2.43. The van der Waals surface area contributed by atoms with Crippen LogP contribution in [0, 0.1) is 10.8 Å². The molecular weight excluding hydrogens is 716 g/mol. The molecule has 2 aliphatic carbocycles. The van der Waals surface area contributed by atoms with Crippen LogP contribution in [0.1, 0.15) is 87.7 Å².